The summed E-state index contributed by atoms with van der Waals surface area (Å²) in [4.78, 5) is 2.24. The molecule has 0 spiro atoms. The van der Waals surface area contributed by atoms with Crippen LogP contribution in [0, 0.1) is 11.7 Å². The normalized spacial score (nSPS) is 12.7. The van der Waals surface area contributed by atoms with Crippen LogP contribution in [0.25, 0.3) is 0 Å². The Kier molecular flexibility index (Phi) is 8.25. The average Bonchev–Trinajstić information content (AvgIpc) is 3.34. The number of furan rings is 1. The van der Waals surface area contributed by atoms with E-state index < -0.39 is 6.10 Å². The molecular formula is C24H31FN2O3. The van der Waals surface area contributed by atoms with Gasteiger partial charge in [-0.25, -0.2) is 4.39 Å². The van der Waals surface area contributed by atoms with Gasteiger partial charge in [0.25, 0.3) is 0 Å². The fourth-order valence-corrected chi connectivity index (χ4v) is 3.57. The van der Waals surface area contributed by atoms with Gasteiger partial charge in [0.2, 0.25) is 0 Å². The summed E-state index contributed by atoms with van der Waals surface area (Å²) in [5, 5.41) is 10.5. The Balaban J connectivity index is 1.57. The fraction of sp³-hybridized carbons (Fsp3) is 0.417. The second-order valence-electron chi connectivity index (χ2n) is 8.09. The molecule has 3 aromatic rings. The zero-order valence-electron chi connectivity index (χ0n) is 17.7. The van der Waals surface area contributed by atoms with E-state index in [-0.39, 0.29) is 12.4 Å². The Morgan fingerprint density at radius 2 is 2.00 bits per heavy atom. The van der Waals surface area contributed by atoms with Gasteiger partial charge in [0, 0.05) is 38.1 Å². The van der Waals surface area contributed by atoms with E-state index in [1.54, 1.807) is 18.4 Å². The number of aromatic nitrogens is 1. The second kappa shape index (κ2) is 11.1. The zero-order valence-corrected chi connectivity index (χ0v) is 17.7. The van der Waals surface area contributed by atoms with Gasteiger partial charge in [-0.15, -0.1) is 0 Å². The van der Waals surface area contributed by atoms with Crippen LogP contribution in [-0.4, -0.2) is 40.4 Å². The topological polar surface area (TPSA) is 50.8 Å². The Labute approximate surface area is 177 Å². The van der Waals surface area contributed by atoms with Gasteiger partial charge in [-0.3, -0.25) is 4.90 Å². The van der Waals surface area contributed by atoms with Gasteiger partial charge in [-0.1, -0.05) is 26.0 Å². The van der Waals surface area contributed by atoms with Crippen LogP contribution in [0.5, 0.6) is 0 Å². The van der Waals surface area contributed by atoms with Gasteiger partial charge in [0.15, 0.2) is 0 Å². The van der Waals surface area contributed by atoms with Crippen LogP contribution in [0.3, 0.4) is 0 Å². The van der Waals surface area contributed by atoms with Gasteiger partial charge in [-0.2, -0.15) is 0 Å². The molecule has 0 saturated heterocycles. The van der Waals surface area contributed by atoms with Crippen molar-refractivity contribution in [2.45, 2.75) is 39.6 Å². The molecular weight excluding hydrogens is 383 g/mol. The number of aliphatic hydroxyl groups is 1. The summed E-state index contributed by atoms with van der Waals surface area (Å²) in [6, 6.07) is 14.4. The van der Waals surface area contributed by atoms with Crippen LogP contribution in [-0.2, 0) is 24.4 Å². The highest BCUT2D eigenvalue weighted by Crippen LogP contribution is 2.13. The molecule has 3 rings (SSSR count). The molecule has 0 saturated carbocycles. The van der Waals surface area contributed by atoms with E-state index in [2.05, 4.69) is 29.4 Å². The molecule has 162 valence electrons. The van der Waals surface area contributed by atoms with E-state index in [1.807, 2.05) is 30.5 Å². The van der Waals surface area contributed by atoms with Gasteiger partial charge in [-0.05, 0) is 47.9 Å². The molecule has 0 aliphatic heterocycles. The number of hydrogen-bond donors (Lipinski definition) is 1. The SMILES string of the molecule is CC(C)CN(Cc1cccn1Cc1cccc(F)c1)C[C@H](O)COCc1ccco1. The number of rotatable bonds is 12. The summed E-state index contributed by atoms with van der Waals surface area (Å²) >= 11 is 0. The van der Waals surface area contributed by atoms with Crippen LogP contribution < -0.4 is 0 Å². The molecule has 0 aliphatic rings. The van der Waals surface area contributed by atoms with Crippen LogP contribution in [0.1, 0.15) is 30.9 Å². The molecule has 2 aromatic heterocycles. The van der Waals surface area contributed by atoms with Gasteiger partial charge >= 0.3 is 0 Å². The highest BCUT2D eigenvalue weighted by molar-refractivity contribution is 5.19. The Hall–Kier alpha value is -2.41. The van der Waals surface area contributed by atoms with Crippen molar-refractivity contribution in [3.8, 4) is 0 Å². The molecule has 0 unspecified atom stereocenters. The van der Waals surface area contributed by atoms with Crippen molar-refractivity contribution in [3.05, 3.63) is 83.8 Å². The Morgan fingerprint density at radius 3 is 2.73 bits per heavy atom. The molecule has 0 fully saturated rings. The predicted molar refractivity (Wildman–Crippen MR) is 114 cm³/mol. The molecule has 0 bridgehead atoms. The number of hydrogen-bond acceptors (Lipinski definition) is 4. The predicted octanol–water partition coefficient (Wildman–Crippen LogP) is 4.30. The van der Waals surface area contributed by atoms with Crippen molar-refractivity contribution < 1.29 is 18.7 Å². The Bertz CT molecular complexity index is 876. The molecule has 0 aliphatic carbocycles. The van der Waals surface area contributed by atoms with E-state index in [0.29, 0.717) is 32.2 Å². The highest BCUT2D eigenvalue weighted by Gasteiger charge is 2.16. The van der Waals surface area contributed by atoms with Crippen molar-refractivity contribution >= 4 is 0 Å². The smallest absolute Gasteiger partial charge is 0.129 e. The van der Waals surface area contributed by atoms with Crippen LogP contribution >= 0.6 is 0 Å². The largest absolute Gasteiger partial charge is 0.467 e. The first-order valence-corrected chi connectivity index (χ1v) is 10.4. The van der Waals surface area contributed by atoms with E-state index in [4.69, 9.17) is 9.15 Å². The third-order valence-electron chi connectivity index (χ3n) is 4.78. The van der Waals surface area contributed by atoms with E-state index in [0.717, 1.165) is 23.6 Å². The molecule has 30 heavy (non-hydrogen) atoms. The fourth-order valence-electron chi connectivity index (χ4n) is 3.57. The quantitative estimate of drug-likeness (QED) is 0.480. The van der Waals surface area contributed by atoms with Gasteiger partial charge in [0.05, 0.1) is 19.0 Å². The number of halogens is 1. The first kappa shape index (κ1) is 22.3. The van der Waals surface area contributed by atoms with Crippen molar-refractivity contribution in [2.24, 2.45) is 5.92 Å². The number of benzene rings is 1. The molecule has 1 aromatic carbocycles. The van der Waals surface area contributed by atoms with E-state index >= 15 is 0 Å². The Morgan fingerprint density at radius 1 is 1.13 bits per heavy atom. The first-order valence-electron chi connectivity index (χ1n) is 10.4. The molecule has 1 atom stereocenters. The molecule has 5 nitrogen and oxygen atoms in total. The number of aliphatic hydroxyl groups excluding tert-OH is 1. The lowest BCUT2D eigenvalue weighted by Gasteiger charge is -2.27. The summed E-state index contributed by atoms with van der Waals surface area (Å²) in [7, 11) is 0. The molecule has 0 amide bonds. The van der Waals surface area contributed by atoms with Crippen molar-refractivity contribution in [1.29, 1.82) is 0 Å². The van der Waals surface area contributed by atoms with E-state index in [9.17, 15) is 9.50 Å². The van der Waals surface area contributed by atoms with Gasteiger partial charge < -0.3 is 18.8 Å². The van der Waals surface area contributed by atoms with E-state index in [1.165, 1.54) is 6.07 Å². The summed E-state index contributed by atoms with van der Waals surface area (Å²) in [6.45, 7) is 7.63. The minimum Gasteiger partial charge on any atom is -0.467 e. The number of ether oxygens (including phenoxy) is 1. The summed E-state index contributed by atoms with van der Waals surface area (Å²) in [5.41, 5.74) is 2.05. The molecule has 2 heterocycles. The van der Waals surface area contributed by atoms with Crippen molar-refractivity contribution in [2.75, 3.05) is 19.7 Å². The lowest BCUT2D eigenvalue weighted by molar-refractivity contribution is 0.00193. The minimum absolute atomic E-state index is 0.222. The third kappa shape index (κ3) is 7.13. The molecule has 0 radical (unpaired) electrons. The monoisotopic (exact) mass is 414 g/mol. The standard InChI is InChI=1S/C24H31FN2O3/c1-19(2)13-26(16-23(28)17-29-18-24-9-5-11-30-24)15-22-8-4-10-27(22)14-20-6-3-7-21(25)12-20/h3-12,19,23,28H,13-18H2,1-2H3/t23-/m0/s1. The average molecular weight is 415 g/mol. The summed E-state index contributed by atoms with van der Waals surface area (Å²) in [6.07, 6.45) is 3.03. The lowest BCUT2D eigenvalue weighted by atomic mass is 10.2. The zero-order chi connectivity index (χ0) is 21.3. The lowest BCUT2D eigenvalue weighted by Crippen LogP contribution is -2.37. The highest BCUT2D eigenvalue weighted by atomic mass is 19.1. The maximum Gasteiger partial charge on any atom is 0.129 e. The maximum atomic E-state index is 13.5. The van der Waals surface area contributed by atoms with Crippen molar-refractivity contribution in [1.82, 2.24) is 9.47 Å². The van der Waals surface area contributed by atoms with Crippen LogP contribution in [0.15, 0.2) is 65.4 Å². The number of nitrogens with zero attached hydrogens (tertiary/aromatic N) is 2. The van der Waals surface area contributed by atoms with Crippen LogP contribution in [0.2, 0.25) is 0 Å². The molecule has 1 N–H and O–H groups in total. The first-order chi connectivity index (χ1) is 14.5. The molecule has 6 heteroatoms. The second-order valence-corrected chi connectivity index (χ2v) is 8.09. The third-order valence-corrected chi connectivity index (χ3v) is 4.78. The summed E-state index contributed by atoms with van der Waals surface area (Å²) in [5.74, 6) is 0.990. The van der Waals surface area contributed by atoms with Gasteiger partial charge in [0.1, 0.15) is 18.2 Å². The minimum atomic E-state index is -0.592. The summed E-state index contributed by atoms with van der Waals surface area (Å²) < 4.78 is 26.5. The van der Waals surface area contributed by atoms with Crippen LogP contribution in [0.4, 0.5) is 4.39 Å². The maximum absolute atomic E-state index is 13.5. The van der Waals surface area contributed by atoms with Crippen molar-refractivity contribution in [3.63, 3.8) is 0 Å².